The highest BCUT2D eigenvalue weighted by Crippen LogP contribution is 2.19. The standard InChI is InChI=1S/C10H14ClNO2S/c1-8-4-5-10(6-9(8)7-11)15(13,14)12(2)3/h4-6H,7H2,1-3H3. The molecule has 1 rings (SSSR count). The zero-order valence-electron chi connectivity index (χ0n) is 8.99. The second kappa shape index (κ2) is 4.51. The van der Waals surface area contributed by atoms with E-state index >= 15 is 0 Å². The van der Waals surface area contributed by atoms with Crippen molar-refractivity contribution in [1.29, 1.82) is 0 Å². The molecule has 0 amide bonds. The van der Waals surface area contributed by atoms with E-state index in [1.807, 2.05) is 6.92 Å². The van der Waals surface area contributed by atoms with Crippen LogP contribution in [0.1, 0.15) is 11.1 Å². The number of benzene rings is 1. The Labute approximate surface area is 95.7 Å². The van der Waals surface area contributed by atoms with E-state index in [9.17, 15) is 8.42 Å². The largest absolute Gasteiger partial charge is 0.242 e. The predicted molar refractivity (Wildman–Crippen MR) is 61.6 cm³/mol. The molecular formula is C10H14ClNO2S. The van der Waals surface area contributed by atoms with Gasteiger partial charge in [0.15, 0.2) is 0 Å². The molecule has 0 unspecified atom stereocenters. The van der Waals surface area contributed by atoms with E-state index in [-0.39, 0.29) is 4.90 Å². The molecule has 5 heteroatoms. The lowest BCUT2D eigenvalue weighted by Crippen LogP contribution is -2.22. The third-order valence-corrected chi connectivity index (χ3v) is 4.34. The highest BCUT2D eigenvalue weighted by Gasteiger charge is 2.17. The predicted octanol–water partition coefficient (Wildman–Crippen LogP) is 1.98. The maximum absolute atomic E-state index is 11.8. The first-order valence-corrected chi connectivity index (χ1v) is 6.45. The average molecular weight is 248 g/mol. The van der Waals surface area contributed by atoms with Gasteiger partial charge in [-0.15, -0.1) is 11.6 Å². The first kappa shape index (κ1) is 12.5. The van der Waals surface area contributed by atoms with Crippen LogP contribution < -0.4 is 0 Å². The molecule has 0 bridgehead atoms. The summed E-state index contributed by atoms with van der Waals surface area (Å²) in [7, 11) is -0.333. The van der Waals surface area contributed by atoms with E-state index in [0.717, 1.165) is 11.1 Å². The second-order valence-electron chi connectivity index (χ2n) is 3.51. The number of sulfonamides is 1. The molecule has 15 heavy (non-hydrogen) atoms. The maximum Gasteiger partial charge on any atom is 0.242 e. The van der Waals surface area contributed by atoms with Gasteiger partial charge in [0.05, 0.1) is 4.90 Å². The molecule has 1 aromatic carbocycles. The van der Waals surface area contributed by atoms with Gasteiger partial charge in [0.25, 0.3) is 0 Å². The van der Waals surface area contributed by atoms with Gasteiger partial charge in [0, 0.05) is 20.0 Å². The highest BCUT2D eigenvalue weighted by atomic mass is 35.5. The summed E-state index contributed by atoms with van der Waals surface area (Å²) in [5.74, 6) is 0.322. The first-order valence-electron chi connectivity index (χ1n) is 4.47. The number of rotatable bonds is 3. The third-order valence-electron chi connectivity index (χ3n) is 2.24. The molecular weight excluding hydrogens is 234 g/mol. The molecule has 0 N–H and O–H groups in total. The van der Waals surface area contributed by atoms with Crippen LogP contribution in [0.2, 0.25) is 0 Å². The van der Waals surface area contributed by atoms with Crippen LogP contribution >= 0.6 is 11.6 Å². The Hall–Kier alpha value is -0.580. The van der Waals surface area contributed by atoms with Crippen LogP contribution in [0, 0.1) is 6.92 Å². The van der Waals surface area contributed by atoms with Gasteiger partial charge in [-0.25, -0.2) is 12.7 Å². The summed E-state index contributed by atoms with van der Waals surface area (Å²) in [6.45, 7) is 1.91. The number of nitrogens with zero attached hydrogens (tertiary/aromatic N) is 1. The third kappa shape index (κ3) is 2.51. The van der Waals surface area contributed by atoms with Crippen LogP contribution in [0.25, 0.3) is 0 Å². The SMILES string of the molecule is Cc1ccc(S(=O)(=O)N(C)C)cc1CCl. The number of aryl methyl sites for hydroxylation is 1. The van der Waals surface area contributed by atoms with Gasteiger partial charge in [0.2, 0.25) is 10.0 Å². The topological polar surface area (TPSA) is 37.4 Å². The van der Waals surface area contributed by atoms with E-state index in [4.69, 9.17) is 11.6 Å². The Morgan fingerprint density at radius 3 is 2.40 bits per heavy atom. The minimum atomic E-state index is -3.35. The molecule has 0 saturated carbocycles. The van der Waals surface area contributed by atoms with Crippen molar-refractivity contribution in [3.05, 3.63) is 29.3 Å². The monoisotopic (exact) mass is 247 g/mol. The van der Waals surface area contributed by atoms with Gasteiger partial charge in [-0.05, 0) is 30.2 Å². The van der Waals surface area contributed by atoms with E-state index in [1.54, 1.807) is 18.2 Å². The molecule has 0 heterocycles. The number of alkyl halides is 1. The van der Waals surface area contributed by atoms with E-state index < -0.39 is 10.0 Å². The molecule has 0 aliphatic heterocycles. The smallest absolute Gasteiger partial charge is 0.207 e. The summed E-state index contributed by atoms with van der Waals surface area (Å²) in [5, 5.41) is 0. The van der Waals surface area contributed by atoms with E-state index in [1.165, 1.54) is 18.4 Å². The van der Waals surface area contributed by atoms with E-state index in [0.29, 0.717) is 5.88 Å². The molecule has 0 fully saturated rings. The lowest BCUT2D eigenvalue weighted by Gasteiger charge is -2.12. The Bertz CT molecular complexity index is 454. The van der Waals surface area contributed by atoms with Gasteiger partial charge in [-0.1, -0.05) is 6.07 Å². The van der Waals surface area contributed by atoms with Crippen molar-refractivity contribution in [3.8, 4) is 0 Å². The van der Waals surface area contributed by atoms with Crippen molar-refractivity contribution in [2.24, 2.45) is 0 Å². The van der Waals surface area contributed by atoms with E-state index in [2.05, 4.69) is 0 Å². The van der Waals surface area contributed by atoms with Crippen molar-refractivity contribution in [2.75, 3.05) is 14.1 Å². The molecule has 0 aromatic heterocycles. The number of hydrogen-bond acceptors (Lipinski definition) is 2. The molecule has 0 radical (unpaired) electrons. The van der Waals surface area contributed by atoms with Crippen LogP contribution in [0.4, 0.5) is 0 Å². The Kier molecular flexibility index (Phi) is 3.76. The number of hydrogen-bond donors (Lipinski definition) is 0. The average Bonchev–Trinajstić information content (AvgIpc) is 2.18. The quantitative estimate of drug-likeness (QED) is 0.766. The summed E-state index contributed by atoms with van der Waals surface area (Å²) < 4.78 is 24.8. The van der Waals surface area contributed by atoms with Crippen LogP contribution in [0.15, 0.2) is 23.1 Å². The normalized spacial score (nSPS) is 12.1. The Morgan fingerprint density at radius 1 is 1.33 bits per heavy atom. The minimum absolute atomic E-state index is 0.286. The summed E-state index contributed by atoms with van der Waals surface area (Å²) in [6, 6.07) is 4.99. The van der Waals surface area contributed by atoms with Crippen molar-refractivity contribution < 1.29 is 8.42 Å². The van der Waals surface area contributed by atoms with Gasteiger partial charge >= 0.3 is 0 Å². The first-order chi connectivity index (χ1) is 6.89. The second-order valence-corrected chi connectivity index (χ2v) is 5.93. The Balaban J connectivity index is 3.29. The molecule has 0 aliphatic rings. The molecule has 1 aromatic rings. The highest BCUT2D eigenvalue weighted by molar-refractivity contribution is 7.89. The zero-order chi connectivity index (χ0) is 11.6. The molecule has 3 nitrogen and oxygen atoms in total. The summed E-state index contributed by atoms with van der Waals surface area (Å²) in [5.41, 5.74) is 1.85. The summed E-state index contributed by atoms with van der Waals surface area (Å²) in [6.07, 6.45) is 0. The van der Waals surface area contributed by atoms with Gasteiger partial charge in [-0.3, -0.25) is 0 Å². The molecule has 0 aliphatic carbocycles. The van der Waals surface area contributed by atoms with Crippen molar-refractivity contribution in [3.63, 3.8) is 0 Å². The van der Waals surface area contributed by atoms with Gasteiger partial charge < -0.3 is 0 Å². The van der Waals surface area contributed by atoms with Crippen molar-refractivity contribution in [2.45, 2.75) is 17.7 Å². The van der Waals surface area contributed by atoms with Crippen molar-refractivity contribution >= 4 is 21.6 Å². The van der Waals surface area contributed by atoms with Crippen LogP contribution in [0.5, 0.6) is 0 Å². The fraction of sp³-hybridized carbons (Fsp3) is 0.400. The lowest BCUT2D eigenvalue weighted by molar-refractivity contribution is 0.520. The summed E-state index contributed by atoms with van der Waals surface area (Å²) in [4.78, 5) is 0.286. The molecule has 0 atom stereocenters. The van der Waals surface area contributed by atoms with Crippen LogP contribution in [-0.2, 0) is 15.9 Å². The van der Waals surface area contributed by atoms with Crippen LogP contribution in [-0.4, -0.2) is 26.8 Å². The van der Waals surface area contributed by atoms with Crippen LogP contribution in [0.3, 0.4) is 0 Å². The Morgan fingerprint density at radius 2 is 1.93 bits per heavy atom. The van der Waals surface area contributed by atoms with Crippen molar-refractivity contribution in [1.82, 2.24) is 4.31 Å². The molecule has 0 saturated heterocycles. The molecule has 0 spiro atoms. The lowest BCUT2D eigenvalue weighted by atomic mass is 10.1. The summed E-state index contributed by atoms with van der Waals surface area (Å²) >= 11 is 5.73. The zero-order valence-corrected chi connectivity index (χ0v) is 10.6. The fourth-order valence-corrected chi connectivity index (χ4v) is 2.40. The van der Waals surface area contributed by atoms with Gasteiger partial charge in [-0.2, -0.15) is 0 Å². The molecule has 84 valence electrons. The maximum atomic E-state index is 11.8. The van der Waals surface area contributed by atoms with Gasteiger partial charge in [0.1, 0.15) is 0 Å². The number of halogens is 1. The fourth-order valence-electron chi connectivity index (χ4n) is 1.16. The minimum Gasteiger partial charge on any atom is -0.207 e.